The molecular weight excluding hydrogens is 154 g/mol. The maximum atomic E-state index is 8.83. The molecule has 0 aliphatic carbocycles. The van der Waals surface area contributed by atoms with E-state index in [1.165, 1.54) is 0 Å². The first kappa shape index (κ1) is 9.22. The van der Waals surface area contributed by atoms with Crippen LogP contribution in [0.5, 0.6) is 0 Å². The zero-order valence-electron chi connectivity index (χ0n) is 7.27. The lowest BCUT2D eigenvalue weighted by molar-refractivity contribution is 0.222. The van der Waals surface area contributed by atoms with E-state index in [1.54, 1.807) is 6.20 Å². The Morgan fingerprint density at radius 2 is 2.50 bits per heavy atom. The number of imidazole rings is 1. The van der Waals surface area contributed by atoms with Crippen LogP contribution in [0.3, 0.4) is 0 Å². The maximum absolute atomic E-state index is 8.83. The Kier molecular flexibility index (Phi) is 3.25. The highest BCUT2D eigenvalue weighted by Gasteiger charge is 2.04. The van der Waals surface area contributed by atoms with Crippen molar-refractivity contribution in [3.63, 3.8) is 0 Å². The molecule has 1 heterocycles. The predicted octanol–water partition coefficient (Wildman–Crippen LogP) is -0.0298. The van der Waals surface area contributed by atoms with Crippen molar-refractivity contribution >= 4 is 0 Å². The molecule has 1 aromatic heterocycles. The zero-order chi connectivity index (χ0) is 8.97. The summed E-state index contributed by atoms with van der Waals surface area (Å²) in [6.45, 7) is 3.41. The minimum atomic E-state index is 0.197. The van der Waals surface area contributed by atoms with Crippen LogP contribution in [0.1, 0.15) is 12.7 Å². The molecule has 0 saturated heterocycles. The van der Waals surface area contributed by atoms with E-state index in [0.717, 1.165) is 12.4 Å². The van der Waals surface area contributed by atoms with Crippen molar-refractivity contribution in [1.29, 1.82) is 0 Å². The molecule has 3 N–H and O–H groups in total. The van der Waals surface area contributed by atoms with Gasteiger partial charge < -0.3 is 15.4 Å². The Morgan fingerprint density at radius 3 is 3.08 bits per heavy atom. The molecule has 68 valence electrons. The molecular formula is C8H15N3O. The fourth-order valence-electron chi connectivity index (χ4n) is 1.09. The third-order valence-corrected chi connectivity index (χ3v) is 1.80. The number of aliphatic hydroxyl groups excluding tert-OH is 1. The molecule has 4 nitrogen and oxygen atoms in total. The van der Waals surface area contributed by atoms with Gasteiger partial charge in [-0.25, -0.2) is 4.98 Å². The molecule has 0 radical (unpaired) electrons. The summed E-state index contributed by atoms with van der Waals surface area (Å²) in [5.74, 6) is 1.12. The summed E-state index contributed by atoms with van der Waals surface area (Å²) in [7, 11) is 0. The Morgan fingerprint density at radius 1 is 1.75 bits per heavy atom. The summed E-state index contributed by atoms with van der Waals surface area (Å²) in [6, 6.07) is 0. The highest BCUT2D eigenvalue weighted by atomic mass is 16.3. The summed E-state index contributed by atoms with van der Waals surface area (Å²) >= 11 is 0. The number of aliphatic hydroxyl groups is 1. The van der Waals surface area contributed by atoms with E-state index in [4.69, 9.17) is 10.8 Å². The van der Waals surface area contributed by atoms with Crippen LogP contribution >= 0.6 is 0 Å². The van der Waals surface area contributed by atoms with Crippen molar-refractivity contribution in [2.45, 2.75) is 20.0 Å². The van der Waals surface area contributed by atoms with E-state index < -0.39 is 0 Å². The molecule has 1 aromatic rings. The molecule has 0 bridgehead atoms. The van der Waals surface area contributed by atoms with Gasteiger partial charge in [-0.15, -0.1) is 0 Å². The molecule has 0 amide bonds. The average molecular weight is 169 g/mol. The van der Waals surface area contributed by atoms with E-state index in [1.807, 2.05) is 17.7 Å². The first-order chi connectivity index (χ1) is 5.77. The molecule has 4 heteroatoms. The summed E-state index contributed by atoms with van der Waals surface area (Å²) < 4.78 is 1.97. The fourth-order valence-corrected chi connectivity index (χ4v) is 1.09. The van der Waals surface area contributed by atoms with Crippen LogP contribution in [0, 0.1) is 5.92 Å². The van der Waals surface area contributed by atoms with Gasteiger partial charge in [0.15, 0.2) is 0 Å². The molecule has 1 atom stereocenters. The molecule has 1 unspecified atom stereocenters. The minimum Gasteiger partial charge on any atom is -0.396 e. The van der Waals surface area contributed by atoms with Gasteiger partial charge in [0.25, 0.3) is 0 Å². The second-order valence-electron chi connectivity index (χ2n) is 2.99. The largest absolute Gasteiger partial charge is 0.396 e. The summed E-state index contributed by atoms with van der Waals surface area (Å²) in [5, 5.41) is 8.83. The molecule has 0 aliphatic heterocycles. The first-order valence-electron chi connectivity index (χ1n) is 4.09. The normalized spacial score (nSPS) is 13.2. The van der Waals surface area contributed by atoms with Gasteiger partial charge >= 0.3 is 0 Å². The van der Waals surface area contributed by atoms with Crippen molar-refractivity contribution in [2.75, 3.05) is 6.61 Å². The monoisotopic (exact) mass is 169 g/mol. The molecule has 12 heavy (non-hydrogen) atoms. The summed E-state index contributed by atoms with van der Waals surface area (Å²) in [5.41, 5.74) is 5.47. The van der Waals surface area contributed by atoms with Crippen molar-refractivity contribution < 1.29 is 5.11 Å². The van der Waals surface area contributed by atoms with Gasteiger partial charge in [-0.1, -0.05) is 6.92 Å². The van der Waals surface area contributed by atoms with Gasteiger partial charge in [0.1, 0.15) is 5.82 Å². The minimum absolute atomic E-state index is 0.197. The number of rotatable bonds is 4. The number of nitrogens with zero attached hydrogens (tertiary/aromatic N) is 2. The maximum Gasteiger partial charge on any atom is 0.122 e. The van der Waals surface area contributed by atoms with Crippen LogP contribution in [-0.4, -0.2) is 21.3 Å². The standard InChI is InChI=1S/C8H15N3O/c1-7(6-12)5-11-3-2-10-8(11)4-9/h2-3,7,12H,4-6,9H2,1H3. The molecule has 0 spiro atoms. The highest BCUT2D eigenvalue weighted by molar-refractivity contribution is 4.91. The number of aromatic nitrogens is 2. The van der Waals surface area contributed by atoms with Gasteiger partial charge in [0.05, 0.1) is 6.54 Å². The van der Waals surface area contributed by atoms with E-state index in [2.05, 4.69) is 4.98 Å². The lowest BCUT2D eigenvalue weighted by Crippen LogP contribution is -2.14. The topological polar surface area (TPSA) is 64.1 Å². The van der Waals surface area contributed by atoms with Crippen LogP contribution in [-0.2, 0) is 13.1 Å². The Balaban J connectivity index is 2.61. The van der Waals surface area contributed by atoms with Crippen LogP contribution in [0.2, 0.25) is 0 Å². The smallest absolute Gasteiger partial charge is 0.122 e. The van der Waals surface area contributed by atoms with Gasteiger partial charge in [0, 0.05) is 25.5 Å². The second kappa shape index (κ2) is 4.23. The molecule has 1 rings (SSSR count). The van der Waals surface area contributed by atoms with Crippen LogP contribution in [0.4, 0.5) is 0 Å². The molecule has 0 aliphatic rings. The van der Waals surface area contributed by atoms with E-state index in [0.29, 0.717) is 6.54 Å². The SMILES string of the molecule is CC(CO)Cn1ccnc1CN. The summed E-state index contributed by atoms with van der Waals surface area (Å²) in [4.78, 5) is 4.08. The first-order valence-corrected chi connectivity index (χ1v) is 4.09. The van der Waals surface area contributed by atoms with Gasteiger partial charge in [0.2, 0.25) is 0 Å². The van der Waals surface area contributed by atoms with Crippen molar-refractivity contribution in [1.82, 2.24) is 9.55 Å². The Bertz CT molecular complexity index is 234. The molecule has 0 saturated carbocycles. The van der Waals surface area contributed by atoms with E-state index >= 15 is 0 Å². The number of nitrogens with two attached hydrogens (primary N) is 1. The van der Waals surface area contributed by atoms with Crippen molar-refractivity contribution in [3.05, 3.63) is 18.2 Å². The highest BCUT2D eigenvalue weighted by Crippen LogP contribution is 2.02. The predicted molar refractivity (Wildman–Crippen MR) is 46.4 cm³/mol. The molecule has 0 aromatic carbocycles. The Hall–Kier alpha value is -0.870. The van der Waals surface area contributed by atoms with Gasteiger partial charge in [-0.05, 0) is 5.92 Å². The van der Waals surface area contributed by atoms with E-state index in [-0.39, 0.29) is 12.5 Å². The van der Waals surface area contributed by atoms with Crippen LogP contribution < -0.4 is 5.73 Å². The van der Waals surface area contributed by atoms with Crippen molar-refractivity contribution in [3.8, 4) is 0 Å². The lowest BCUT2D eigenvalue weighted by Gasteiger charge is -2.10. The number of hydrogen-bond donors (Lipinski definition) is 2. The third kappa shape index (κ3) is 2.06. The van der Waals surface area contributed by atoms with Crippen LogP contribution in [0.25, 0.3) is 0 Å². The van der Waals surface area contributed by atoms with Gasteiger partial charge in [-0.2, -0.15) is 0 Å². The molecule has 0 fully saturated rings. The van der Waals surface area contributed by atoms with E-state index in [9.17, 15) is 0 Å². The third-order valence-electron chi connectivity index (χ3n) is 1.80. The number of hydrogen-bond acceptors (Lipinski definition) is 3. The quantitative estimate of drug-likeness (QED) is 0.665. The average Bonchev–Trinajstić information content (AvgIpc) is 2.51. The van der Waals surface area contributed by atoms with Crippen molar-refractivity contribution in [2.24, 2.45) is 11.7 Å². The lowest BCUT2D eigenvalue weighted by atomic mass is 10.2. The fraction of sp³-hybridized carbons (Fsp3) is 0.625. The zero-order valence-corrected chi connectivity index (χ0v) is 7.27. The summed E-state index contributed by atoms with van der Waals surface area (Å²) in [6.07, 6.45) is 3.61. The second-order valence-corrected chi connectivity index (χ2v) is 2.99. The van der Waals surface area contributed by atoms with Crippen LogP contribution in [0.15, 0.2) is 12.4 Å². The van der Waals surface area contributed by atoms with Gasteiger partial charge in [-0.3, -0.25) is 0 Å². The Labute approximate surface area is 72.0 Å².